The van der Waals surface area contributed by atoms with Crippen LogP contribution in [-0.2, 0) is 6.54 Å². The van der Waals surface area contributed by atoms with Gasteiger partial charge in [0.05, 0.1) is 17.6 Å². The van der Waals surface area contributed by atoms with E-state index in [1.165, 1.54) is 12.3 Å². The maximum absolute atomic E-state index is 14.3. The molecule has 3 heterocycles. The summed E-state index contributed by atoms with van der Waals surface area (Å²) in [4.78, 5) is 34.5. The summed E-state index contributed by atoms with van der Waals surface area (Å²) >= 11 is 0. The Morgan fingerprint density at radius 2 is 1.87 bits per heavy atom. The Morgan fingerprint density at radius 3 is 2.61 bits per heavy atom. The minimum absolute atomic E-state index is 0.0377. The zero-order chi connectivity index (χ0) is 26.8. The van der Waals surface area contributed by atoms with Gasteiger partial charge < -0.3 is 15.6 Å². The molecule has 188 valence electrons. The number of aryl methyl sites for hydroxylation is 1. The molecule has 0 aliphatic heterocycles. The van der Waals surface area contributed by atoms with Crippen LogP contribution in [0.25, 0.3) is 27.6 Å². The number of hydrogen-bond donors (Lipinski definition) is 2. The molecule has 0 spiro atoms. The van der Waals surface area contributed by atoms with Crippen LogP contribution in [0, 0.1) is 11.3 Å². The maximum atomic E-state index is 14.3. The number of nitrogens with one attached hydrogen (secondary N) is 1. The number of nitrogens with zero attached hydrogens (tertiary/aromatic N) is 5. The summed E-state index contributed by atoms with van der Waals surface area (Å²) in [5.41, 5.74) is 8.60. The summed E-state index contributed by atoms with van der Waals surface area (Å²) in [6, 6.07) is 21.9. The number of anilines is 2. The van der Waals surface area contributed by atoms with Crippen LogP contribution in [0.15, 0.2) is 88.7 Å². The third-order valence-corrected chi connectivity index (χ3v) is 6.45. The van der Waals surface area contributed by atoms with Crippen molar-refractivity contribution < 1.29 is 0 Å². The molecule has 9 heteroatoms. The van der Waals surface area contributed by atoms with E-state index >= 15 is 0 Å². The number of hydrogen-bond acceptors (Lipinski definition) is 7. The van der Waals surface area contributed by atoms with E-state index < -0.39 is 6.04 Å². The Hall–Kier alpha value is -5.23. The number of pyridine rings is 2. The quantitative estimate of drug-likeness (QED) is 0.354. The minimum Gasteiger partial charge on any atom is -0.368 e. The number of benzene rings is 2. The van der Waals surface area contributed by atoms with Gasteiger partial charge in [0.1, 0.15) is 17.5 Å². The first-order valence-electron chi connectivity index (χ1n) is 12.2. The molecule has 38 heavy (non-hydrogen) atoms. The third kappa shape index (κ3) is 4.40. The first-order valence-corrected chi connectivity index (χ1v) is 12.2. The molecule has 0 aliphatic carbocycles. The molecule has 3 N–H and O–H groups in total. The van der Waals surface area contributed by atoms with Crippen LogP contribution in [0.2, 0.25) is 0 Å². The summed E-state index contributed by atoms with van der Waals surface area (Å²) in [5.74, 6) is 0.325. The molecule has 0 saturated carbocycles. The highest BCUT2D eigenvalue weighted by Crippen LogP contribution is 2.30. The average molecular weight is 504 g/mol. The van der Waals surface area contributed by atoms with E-state index in [9.17, 15) is 14.9 Å². The lowest BCUT2D eigenvalue weighted by Crippen LogP contribution is -2.26. The molecular formula is C29H25N7O2. The topological polar surface area (TPSA) is 132 Å². The summed E-state index contributed by atoms with van der Waals surface area (Å²) in [7, 11) is 0. The smallest absolute Gasteiger partial charge is 0.263 e. The molecule has 0 fully saturated rings. The molecule has 5 rings (SSSR count). The van der Waals surface area contributed by atoms with Crippen molar-refractivity contribution in [3.8, 4) is 22.9 Å². The lowest BCUT2D eigenvalue weighted by atomic mass is 9.98. The highest BCUT2D eigenvalue weighted by molar-refractivity contribution is 5.96. The van der Waals surface area contributed by atoms with E-state index in [0.29, 0.717) is 23.3 Å². The Morgan fingerprint density at radius 1 is 1.08 bits per heavy atom. The number of fused-ring (bicyclic) bond motifs is 1. The van der Waals surface area contributed by atoms with Gasteiger partial charge in [-0.2, -0.15) is 10.2 Å². The zero-order valence-electron chi connectivity index (χ0n) is 20.9. The Balaban J connectivity index is 1.75. The molecule has 9 nitrogen and oxygen atoms in total. The molecule has 0 aliphatic rings. The number of para-hydroxylation sites is 1. The van der Waals surface area contributed by atoms with E-state index in [4.69, 9.17) is 5.73 Å². The first kappa shape index (κ1) is 24.5. The lowest BCUT2D eigenvalue weighted by molar-refractivity contribution is 0.728. The molecule has 0 radical (unpaired) electrons. The number of nitrogen functional groups attached to an aromatic ring is 1. The van der Waals surface area contributed by atoms with Crippen LogP contribution in [0.3, 0.4) is 0 Å². The molecule has 0 unspecified atom stereocenters. The highest BCUT2D eigenvalue weighted by atomic mass is 16.1. The Labute approximate surface area is 218 Å². The molecule has 0 amide bonds. The third-order valence-electron chi connectivity index (χ3n) is 6.45. The van der Waals surface area contributed by atoms with Gasteiger partial charge in [0.25, 0.3) is 11.1 Å². The first-order chi connectivity index (χ1) is 18.4. The molecule has 0 saturated heterocycles. The maximum Gasteiger partial charge on any atom is 0.263 e. The van der Waals surface area contributed by atoms with Crippen molar-refractivity contribution in [1.82, 2.24) is 19.1 Å². The van der Waals surface area contributed by atoms with E-state index in [1.54, 1.807) is 21.4 Å². The number of nitriles is 1. The van der Waals surface area contributed by atoms with Crippen LogP contribution in [0.5, 0.6) is 0 Å². The van der Waals surface area contributed by atoms with Crippen molar-refractivity contribution >= 4 is 22.5 Å². The van der Waals surface area contributed by atoms with Crippen molar-refractivity contribution in [3.63, 3.8) is 0 Å². The van der Waals surface area contributed by atoms with Crippen molar-refractivity contribution in [1.29, 1.82) is 5.26 Å². The van der Waals surface area contributed by atoms with Crippen LogP contribution in [0.4, 0.5) is 11.8 Å². The van der Waals surface area contributed by atoms with E-state index in [2.05, 4.69) is 21.4 Å². The van der Waals surface area contributed by atoms with Crippen molar-refractivity contribution in [3.05, 3.63) is 111 Å². The molecule has 1 atom stereocenters. The normalized spacial score (nSPS) is 11.7. The zero-order valence-corrected chi connectivity index (χ0v) is 20.9. The fraction of sp³-hybridized carbons (Fsp3) is 0.138. The molecule has 3 aromatic heterocycles. The van der Waals surface area contributed by atoms with Gasteiger partial charge in [0, 0.05) is 30.2 Å². The van der Waals surface area contributed by atoms with Crippen molar-refractivity contribution in [2.24, 2.45) is 0 Å². The van der Waals surface area contributed by atoms with Crippen molar-refractivity contribution in [2.75, 3.05) is 11.1 Å². The fourth-order valence-corrected chi connectivity index (χ4v) is 4.59. The molecular weight excluding hydrogens is 478 g/mol. The number of aromatic nitrogens is 4. The van der Waals surface area contributed by atoms with Gasteiger partial charge in [-0.25, -0.2) is 4.98 Å². The standard InChI is InChI=1S/C29H25N7O2/c1-3-35-17-20(12-13-25(35)37)23-11-7-8-19-14-24(18(2)33-27-21(15-30)16-32-29(31)34-27)36(28(38)26(19)23)22-9-5-4-6-10-22/h4-14,16-18H,3H2,1-2H3,(H3,31,32,33,34)/t18-/m0/s1. The van der Waals surface area contributed by atoms with Gasteiger partial charge in [-0.15, -0.1) is 0 Å². The van der Waals surface area contributed by atoms with Crippen LogP contribution in [-0.4, -0.2) is 19.1 Å². The summed E-state index contributed by atoms with van der Waals surface area (Å²) in [5, 5.41) is 14.0. The average Bonchev–Trinajstić information content (AvgIpc) is 2.93. The molecule has 2 aromatic carbocycles. The monoisotopic (exact) mass is 503 g/mol. The Bertz CT molecular complexity index is 1820. The Kier molecular flexibility index (Phi) is 6.46. The molecule has 5 aromatic rings. The SMILES string of the molecule is CCn1cc(-c2cccc3cc([C@H](C)Nc4nc(N)ncc4C#N)n(-c4ccccc4)c(=O)c23)ccc1=O. The number of nitrogens with two attached hydrogens (primary N) is 1. The molecule has 0 bridgehead atoms. The van der Waals surface area contributed by atoms with Crippen molar-refractivity contribution in [2.45, 2.75) is 26.4 Å². The van der Waals surface area contributed by atoms with Gasteiger partial charge >= 0.3 is 0 Å². The van der Waals surface area contributed by atoms with Crippen LogP contribution >= 0.6 is 0 Å². The second kappa shape index (κ2) is 10.0. The van der Waals surface area contributed by atoms with Crippen LogP contribution < -0.4 is 22.2 Å². The predicted molar refractivity (Wildman–Crippen MR) is 148 cm³/mol. The summed E-state index contributed by atoms with van der Waals surface area (Å²) < 4.78 is 3.28. The van der Waals surface area contributed by atoms with Gasteiger partial charge in [0.15, 0.2) is 0 Å². The lowest BCUT2D eigenvalue weighted by Gasteiger charge is -2.22. The van der Waals surface area contributed by atoms with E-state index in [-0.39, 0.29) is 28.4 Å². The highest BCUT2D eigenvalue weighted by Gasteiger charge is 2.20. The van der Waals surface area contributed by atoms with Gasteiger partial charge in [0.2, 0.25) is 5.95 Å². The fourth-order valence-electron chi connectivity index (χ4n) is 4.59. The predicted octanol–water partition coefficient (Wildman–Crippen LogP) is 4.26. The number of rotatable bonds is 6. The summed E-state index contributed by atoms with van der Waals surface area (Å²) in [6.45, 7) is 4.32. The van der Waals surface area contributed by atoms with E-state index in [1.807, 2.05) is 68.4 Å². The van der Waals surface area contributed by atoms with Gasteiger partial charge in [-0.05, 0) is 54.6 Å². The second-order valence-corrected chi connectivity index (χ2v) is 8.83. The largest absolute Gasteiger partial charge is 0.368 e. The van der Waals surface area contributed by atoms with Crippen LogP contribution in [0.1, 0.15) is 31.1 Å². The second-order valence-electron chi connectivity index (χ2n) is 8.83. The summed E-state index contributed by atoms with van der Waals surface area (Å²) in [6.07, 6.45) is 3.15. The van der Waals surface area contributed by atoms with Gasteiger partial charge in [-0.1, -0.05) is 36.4 Å². The minimum atomic E-state index is -0.431. The van der Waals surface area contributed by atoms with E-state index in [0.717, 1.165) is 16.5 Å². The van der Waals surface area contributed by atoms with Gasteiger partial charge in [-0.3, -0.25) is 14.2 Å².